The summed E-state index contributed by atoms with van der Waals surface area (Å²) in [5.74, 6) is 0. The van der Waals surface area contributed by atoms with Gasteiger partial charge in [0, 0.05) is 0 Å². The van der Waals surface area contributed by atoms with Crippen molar-refractivity contribution in [2.24, 2.45) is 0 Å². The van der Waals surface area contributed by atoms with Crippen LogP contribution in [0.15, 0.2) is 60.7 Å². The minimum atomic E-state index is 0.0287. The van der Waals surface area contributed by atoms with E-state index < -0.39 is 0 Å². The van der Waals surface area contributed by atoms with Crippen LogP contribution >= 0.6 is 37.2 Å². The first kappa shape index (κ1) is 15.4. The van der Waals surface area contributed by atoms with Crippen LogP contribution < -0.4 is 34.5 Å². The molecule has 0 saturated carbocycles. The molecule has 0 saturated heterocycles. The third-order valence-electron chi connectivity index (χ3n) is 1.68. The first-order valence-corrected chi connectivity index (χ1v) is 19.2. The second-order valence-electron chi connectivity index (χ2n) is 2.74. The first-order valence-electron chi connectivity index (χ1n) is 4.49. The van der Waals surface area contributed by atoms with E-state index in [1.807, 2.05) is 0 Å². The average Bonchev–Trinajstić information content (AvgIpc) is 2.33. The van der Waals surface area contributed by atoms with Gasteiger partial charge in [0.05, 0.1) is 0 Å². The maximum absolute atomic E-state index is 2.39. The number of benzene rings is 2. The summed E-state index contributed by atoms with van der Waals surface area (Å²) in [6.45, 7) is 0. The molecule has 0 unspecified atom stereocenters. The minimum absolute atomic E-state index is 0.0287. The normalized spacial score (nSPS) is 9.38. The quantitative estimate of drug-likeness (QED) is 0.348. The second-order valence-corrected chi connectivity index (χ2v) is 22.0. The summed E-state index contributed by atoms with van der Waals surface area (Å²) in [4.78, 5) is 0. The standard InChI is InChI=1S/C12H10I.I3/c1-3-7-11(8-4-1)13-12-9-5-2-6-10-12;1-3-2/h1-10H;/q+1;-1. The molecule has 86 valence electrons. The number of hydrogen-bond donors (Lipinski definition) is 0. The molecule has 0 radical (unpaired) electrons. The Morgan fingerprint density at radius 3 is 1.31 bits per heavy atom. The van der Waals surface area contributed by atoms with Gasteiger partial charge in [-0.15, -0.1) is 0 Å². The van der Waals surface area contributed by atoms with Crippen molar-refractivity contribution >= 4 is 37.2 Å². The molecule has 0 aromatic heterocycles. The molecule has 0 nitrogen and oxygen atoms in total. The molecule has 0 bridgehead atoms. The molecule has 0 atom stereocenters. The van der Waals surface area contributed by atoms with E-state index in [1.54, 1.807) is 0 Å². The van der Waals surface area contributed by atoms with Crippen molar-refractivity contribution in [3.05, 3.63) is 67.8 Å². The van der Waals surface area contributed by atoms with Gasteiger partial charge in [-0.05, 0) is 24.3 Å². The van der Waals surface area contributed by atoms with Crippen LogP contribution in [0.1, 0.15) is 0 Å². The zero-order valence-electron chi connectivity index (χ0n) is 8.29. The molecule has 2 aromatic carbocycles. The maximum atomic E-state index is 2.39. The topological polar surface area (TPSA) is 0 Å². The van der Waals surface area contributed by atoms with Crippen molar-refractivity contribution in [3.8, 4) is 0 Å². The van der Waals surface area contributed by atoms with Crippen molar-refractivity contribution < 1.29 is 34.5 Å². The van der Waals surface area contributed by atoms with Crippen LogP contribution in [0.25, 0.3) is 0 Å². The SMILES string of the molecule is I[I-]I.c1ccc([I+]c2ccccc2)cc1. The molecule has 2 rings (SSSR count). The van der Waals surface area contributed by atoms with E-state index in [2.05, 4.69) is 97.9 Å². The van der Waals surface area contributed by atoms with Crippen LogP contribution in [-0.4, -0.2) is 0 Å². The van der Waals surface area contributed by atoms with E-state index in [9.17, 15) is 0 Å². The molecule has 0 spiro atoms. The molecule has 2 aromatic rings. The fourth-order valence-electron chi connectivity index (χ4n) is 1.08. The predicted octanol–water partition coefficient (Wildman–Crippen LogP) is -1.41. The van der Waals surface area contributed by atoms with Crippen molar-refractivity contribution in [3.63, 3.8) is 0 Å². The van der Waals surface area contributed by atoms with E-state index in [0.717, 1.165) is 0 Å². The smallest absolute Gasteiger partial charge is 0.0619 e. The summed E-state index contributed by atoms with van der Waals surface area (Å²) in [7, 11) is 0. The zero-order chi connectivity index (χ0) is 11.6. The summed E-state index contributed by atoms with van der Waals surface area (Å²) in [6, 6.07) is 21.4. The van der Waals surface area contributed by atoms with Gasteiger partial charge >= 0.3 is 71.7 Å². The van der Waals surface area contributed by atoms with Gasteiger partial charge < -0.3 is 0 Å². The van der Waals surface area contributed by atoms with Gasteiger partial charge in [-0.3, -0.25) is 0 Å². The van der Waals surface area contributed by atoms with Gasteiger partial charge in [-0.1, -0.05) is 36.4 Å². The third-order valence-corrected chi connectivity index (χ3v) is 4.37. The Kier molecular flexibility index (Phi) is 9.92. The van der Waals surface area contributed by atoms with Gasteiger partial charge in [0.25, 0.3) is 0 Å². The monoisotopic (exact) mass is 662 g/mol. The summed E-state index contributed by atoms with van der Waals surface area (Å²) in [6.07, 6.45) is 0. The van der Waals surface area contributed by atoms with E-state index in [-0.39, 0.29) is 21.2 Å². The Morgan fingerprint density at radius 2 is 1.00 bits per heavy atom. The van der Waals surface area contributed by atoms with Crippen LogP contribution in [0.4, 0.5) is 0 Å². The van der Waals surface area contributed by atoms with Crippen LogP contribution in [0.3, 0.4) is 0 Å². The van der Waals surface area contributed by atoms with Gasteiger partial charge in [0.2, 0.25) is 0 Å². The molecule has 4 heteroatoms. The van der Waals surface area contributed by atoms with Gasteiger partial charge in [0.15, 0.2) is 7.14 Å². The largest absolute Gasteiger partial charge is 0.357 e. The fraction of sp³-hybridized carbons (Fsp3) is 0. The molecule has 0 heterocycles. The van der Waals surface area contributed by atoms with Crippen molar-refractivity contribution in [2.45, 2.75) is 0 Å². The van der Waals surface area contributed by atoms with E-state index in [0.29, 0.717) is 13.3 Å². The summed E-state index contributed by atoms with van der Waals surface area (Å²) in [5, 5.41) is 0. The fourth-order valence-corrected chi connectivity index (χ4v) is 3.35. The molecule has 0 aliphatic rings. The molecule has 0 N–H and O–H groups in total. The molecule has 0 aliphatic carbocycles. The Bertz CT molecular complexity index is 337. The molecule has 0 aliphatic heterocycles. The molecular weight excluding hydrogens is 652 g/mol. The third kappa shape index (κ3) is 6.94. The van der Waals surface area contributed by atoms with Gasteiger partial charge in [0.1, 0.15) is 0 Å². The zero-order valence-corrected chi connectivity index (χ0v) is 16.9. The first-order chi connectivity index (χ1) is 7.86. The number of halogens is 4. The molecule has 0 fully saturated rings. The summed E-state index contributed by atoms with van der Waals surface area (Å²) < 4.78 is 2.96. The van der Waals surface area contributed by atoms with Crippen LogP contribution in [0.5, 0.6) is 0 Å². The van der Waals surface area contributed by atoms with Crippen molar-refractivity contribution in [1.29, 1.82) is 0 Å². The summed E-state index contributed by atoms with van der Waals surface area (Å²) in [5.41, 5.74) is 0. The Hall–Kier alpha value is 1.36. The second kappa shape index (κ2) is 10.3. The van der Waals surface area contributed by atoms with Crippen molar-refractivity contribution in [2.75, 3.05) is 0 Å². The Balaban J connectivity index is 0.000000386. The van der Waals surface area contributed by atoms with E-state index in [1.165, 1.54) is 7.14 Å². The van der Waals surface area contributed by atoms with Crippen LogP contribution in [0.2, 0.25) is 0 Å². The minimum Gasteiger partial charge on any atom is -0.0619 e. The summed E-state index contributed by atoms with van der Waals surface area (Å²) >= 11 is 5.33. The van der Waals surface area contributed by atoms with Gasteiger partial charge in [-0.25, -0.2) is 0 Å². The van der Waals surface area contributed by atoms with Crippen LogP contribution in [0, 0.1) is 7.14 Å². The Morgan fingerprint density at radius 1 is 0.688 bits per heavy atom. The molecule has 0 amide bonds. The van der Waals surface area contributed by atoms with E-state index in [4.69, 9.17) is 0 Å². The van der Waals surface area contributed by atoms with Gasteiger partial charge in [-0.2, -0.15) is 0 Å². The predicted molar refractivity (Wildman–Crippen MR) is 78.3 cm³/mol. The number of rotatable bonds is 2. The van der Waals surface area contributed by atoms with E-state index >= 15 is 0 Å². The molecular formula is C12H10I4. The van der Waals surface area contributed by atoms with Crippen LogP contribution in [-0.2, 0) is 0 Å². The Labute approximate surface area is 137 Å². The van der Waals surface area contributed by atoms with Crippen molar-refractivity contribution in [1.82, 2.24) is 0 Å². The molecule has 16 heavy (non-hydrogen) atoms. The maximum Gasteiger partial charge on any atom is 0.357 e. The average molecular weight is 662 g/mol. The number of hydrogen-bond acceptors (Lipinski definition) is 0.